The summed E-state index contributed by atoms with van der Waals surface area (Å²) in [6, 6.07) is 9.11. The van der Waals surface area contributed by atoms with Crippen LogP contribution in [0, 0.1) is 0 Å². The number of nitrogens with two attached hydrogens (primary N) is 1. The van der Waals surface area contributed by atoms with Gasteiger partial charge in [0.05, 0.1) is 16.1 Å². The fraction of sp³-hybridized carbons (Fsp3) is 0.0714. The van der Waals surface area contributed by atoms with E-state index in [9.17, 15) is 18.0 Å². The highest BCUT2D eigenvalue weighted by atomic mass is 35.5. The van der Waals surface area contributed by atoms with Crippen molar-refractivity contribution in [3.63, 3.8) is 0 Å². The number of nitrogen functional groups attached to an aromatic ring is 1. The molecule has 2 N–H and O–H groups in total. The van der Waals surface area contributed by atoms with Gasteiger partial charge in [0.2, 0.25) is 0 Å². The maximum absolute atomic E-state index is 13.0. The van der Waals surface area contributed by atoms with Crippen molar-refractivity contribution in [2.75, 3.05) is 5.73 Å². The number of carbonyl (C=O) groups is 1. The molecule has 2 nitrogen and oxygen atoms in total. The van der Waals surface area contributed by atoms with Crippen LogP contribution in [0.2, 0.25) is 5.02 Å². The zero-order chi connectivity index (χ0) is 14.9. The second-order valence-corrected chi connectivity index (χ2v) is 4.48. The Bertz CT molecular complexity index is 668. The number of halogens is 4. The largest absolute Gasteiger partial charge is 0.417 e. The minimum atomic E-state index is -4.67. The predicted molar refractivity (Wildman–Crippen MR) is 70.7 cm³/mol. The Labute approximate surface area is 118 Å². The third kappa shape index (κ3) is 2.63. The molecule has 0 bridgehead atoms. The monoisotopic (exact) mass is 299 g/mol. The highest BCUT2D eigenvalue weighted by molar-refractivity contribution is 6.35. The molecule has 0 aliphatic heterocycles. The van der Waals surface area contributed by atoms with Crippen LogP contribution >= 0.6 is 11.6 Å². The van der Waals surface area contributed by atoms with Gasteiger partial charge in [0.15, 0.2) is 5.78 Å². The molecule has 0 atom stereocenters. The molecule has 0 heterocycles. The van der Waals surface area contributed by atoms with Crippen LogP contribution < -0.4 is 5.73 Å². The summed E-state index contributed by atoms with van der Waals surface area (Å²) in [7, 11) is 0. The van der Waals surface area contributed by atoms with Crippen LogP contribution in [0.5, 0.6) is 0 Å². The van der Waals surface area contributed by atoms with Crippen LogP contribution in [-0.2, 0) is 6.18 Å². The van der Waals surface area contributed by atoms with Crippen molar-refractivity contribution >= 4 is 23.1 Å². The standard InChI is InChI=1S/C14H9ClF3NO/c15-10-6-2-1-4-8(10)13(20)12-9(14(16,17)18)5-3-7-11(12)19/h1-7H,19H2. The highest BCUT2D eigenvalue weighted by Gasteiger charge is 2.36. The van der Waals surface area contributed by atoms with E-state index in [1.165, 1.54) is 24.3 Å². The number of ketones is 1. The van der Waals surface area contributed by atoms with Gasteiger partial charge in [0.25, 0.3) is 0 Å². The average molecular weight is 300 g/mol. The van der Waals surface area contributed by atoms with Gasteiger partial charge in [-0.05, 0) is 24.3 Å². The smallest absolute Gasteiger partial charge is 0.398 e. The SMILES string of the molecule is Nc1cccc(C(F)(F)F)c1C(=O)c1ccccc1Cl. The summed E-state index contributed by atoms with van der Waals surface area (Å²) in [5, 5.41) is 0.0777. The van der Waals surface area contributed by atoms with Crippen molar-refractivity contribution in [1.29, 1.82) is 0 Å². The van der Waals surface area contributed by atoms with Crippen LogP contribution in [0.3, 0.4) is 0 Å². The Hall–Kier alpha value is -2.01. The molecule has 0 aromatic heterocycles. The van der Waals surface area contributed by atoms with Crippen molar-refractivity contribution in [1.82, 2.24) is 0 Å². The van der Waals surface area contributed by atoms with Gasteiger partial charge >= 0.3 is 6.18 Å². The maximum Gasteiger partial charge on any atom is 0.417 e. The van der Waals surface area contributed by atoms with Crippen LogP contribution in [0.1, 0.15) is 21.5 Å². The number of rotatable bonds is 2. The van der Waals surface area contributed by atoms with E-state index in [1.807, 2.05) is 0 Å². The number of alkyl halides is 3. The zero-order valence-corrected chi connectivity index (χ0v) is 10.8. The quantitative estimate of drug-likeness (QED) is 0.668. The molecule has 2 aromatic carbocycles. The number of hydrogen-bond acceptors (Lipinski definition) is 2. The van der Waals surface area contributed by atoms with Crippen molar-refractivity contribution in [3.05, 3.63) is 64.2 Å². The lowest BCUT2D eigenvalue weighted by molar-refractivity contribution is -0.137. The second-order valence-electron chi connectivity index (χ2n) is 4.08. The van der Waals surface area contributed by atoms with E-state index in [2.05, 4.69) is 0 Å². The molecule has 104 valence electrons. The number of hydrogen-bond donors (Lipinski definition) is 1. The van der Waals surface area contributed by atoms with E-state index >= 15 is 0 Å². The molecule has 0 amide bonds. The van der Waals surface area contributed by atoms with E-state index in [0.29, 0.717) is 0 Å². The summed E-state index contributed by atoms with van der Waals surface area (Å²) >= 11 is 5.85. The molecule has 0 radical (unpaired) electrons. The first-order valence-electron chi connectivity index (χ1n) is 5.57. The Kier molecular flexibility index (Phi) is 3.72. The van der Waals surface area contributed by atoms with Gasteiger partial charge in [0.1, 0.15) is 0 Å². The topological polar surface area (TPSA) is 43.1 Å². The van der Waals surface area contributed by atoms with Gasteiger partial charge in [0, 0.05) is 11.3 Å². The molecule has 20 heavy (non-hydrogen) atoms. The van der Waals surface area contributed by atoms with Crippen LogP contribution in [0.15, 0.2) is 42.5 Å². The highest BCUT2D eigenvalue weighted by Crippen LogP contribution is 2.36. The molecule has 0 saturated heterocycles. The molecule has 0 spiro atoms. The van der Waals surface area contributed by atoms with Gasteiger partial charge in [-0.15, -0.1) is 0 Å². The lowest BCUT2D eigenvalue weighted by atomic mass is 9.96. The molecular weight excluding hydrogens is 291 g/mol. The number of carbonyl (C=O) groups excluding carboxylic acids is 1. The van der Waals surface area contributed by atoms with Gasteiger partial charge in [-0.2, -0.15) is 13.2 Å². The molecule has 0 fully saturated rings. The van der Waals surface area contributed by atoms with Gasteiger partial charge in [-0.3, -0.25) is 4.79 Å². The number of anilines is 1. The Morgan fingerprint density at radius 1 is 1.05 bits per heavy atom. The molecule has 0 aliphatic rings. The molecule has 2 aromatic rings. The van der Waals surface area contributed by atoms with Gasteiger partial charge < -0.3 is 5.73 Å². The second kappa shape index (κ2) is 5.17. The van der Waals surface area contributed by atoms with Gasteiger partial charge in [-0.25, -0.2) is 0 Å². The van der Waals surface area contributed by atoms with Crippen molar-refractivity contribution in [2.24, 2.45) is 0 Å². The molecule has 2 rings (SSSR count). The third-order valence-electron chi connectivity index (χ3n) is 2.75. The minimum absolute atomic E-state index is 0.0161. The first kappa shape index (κ1) is 14.4. The summed E-state index contributed by atoms with van der Waals surface area (Å²) in [5.41, 5.74) is 3.65. The van der Waals surface area contributed by atoms with Crippen molar-refractivity contribution < 1.29 is 18.0 Å². The number of benzene rings is 2. The fourth-order valence-corrected chi connectivity index (χ4v) is 2.06. The molecule has 0 aliphatic carbocycles. The average Bonchev–Trinajstić information content (AvgIpc) is 2.37. The molecule has 0 unspecified atom stereocenters. The van der Waals surface area contributed by atoms with E-state index in [4.69, 9.17) is 17.3 Å². The van der Waals surface area contributed by atoms with Crippen LogP contribution in [-0.4, -0.2) is 5.78 Å². The normalized spacial score (nSPS) is 11.4. The fourth-order valence-electron chi connectivity index (χ4n) is 1.84. The summed E-state index contributed by atoms with van der Waals surface area (Å²) in [6.45, 7) is 0. The predicted octanol–water partition coefficient (Wildman–Crippen LogP) is 4.17. The van der Waals surface area contributed by atoms with Crippen LogP contribution in [0.4, 0.5) is 18.9 Å². The van der Waals surface area contributed by atoms with E-state index in [1.54, 1.807) is 6.07 Å². The van der Waals surface area contributed by atoms with E-state index in [0.717, 1.165) is 12.1 Å². The summed E-state index contributed by atoms with van der Waals surface area (Å²) in [4.78, 5) is 12.3. The minimum Gasteiger partial charge on any atom is -0.398 e. The van der Waals surface area contributed by atoms with Gasteiger partial charge in [-0.1, -0.05) is 29.8 Å². The van der Waals surface area contributed by atoms with Crippen molar-refractivity contribution in [2.45, 2.75) is 6.18 Å². The third-order valence-corrected chi connectivity index (χ3v) is 3.08. The summed E-state index contributed by atoms with van der Waals surface area (Å²) in [5.74, 6) is -0.846. The lowest BCUT2D eigenvalue weighted by Crippen LogP contribution is -2.16. The lowest BCUT2D eigenvalue weighted by Gasteiger charge is -2.14. The molecule has 6 heteroatoms. The Morgan fingerprint density at radius 3 is 2.30 bits per heavy atom. The van der Waals surface area contributed by atoms with E-state index < -0.39 is 23.1 Å². The summed E-state index contributed by atoms with van der Waals surface area (Å²) < 4.78 is 38.9. The molecular formula is C14H9ClF3NO. The van der Waals surface area contributed by atoms with E-state index in [-0.39, 0.29) is 16.3 Å². The zero-order valence-electron chi connectivity index (χ0n) is 10.0. The Balaban J connectivity index is 2.64. The molecule has 0 saturated carbocycles. The first-order chi connectivity index (χ1) is 9.32. The first-order valence-corrected chi connectivity index (χ1v) is 5.95. The maximum atomic E-state index is 13.0. The summed E-state index contributed by atoms with van der Waals surface area (Å²) in [6.07, 6.45) is -4.67. The van der Waals surface area contributed by atoms with Crippen molar-refractivity contribution in [3.8, 4) is 0 Å². The Morgan fingerprint density at radius 2 is 1.70 bits per heavy atom. The van der Waals surface area contributed by atoms with Crippen LogP contribution in [0.25, 0.3) is 0 Å².